The van der Waals surface area contributed by atoms with E-state index in [4.69, 9.17) is 9.47 Å². The molecule has 2 amide bonds. The Hall–Kier alpha value is -4.93. The van der Waals surface area contributed by atoms with Crippen molar-refractivity contribution in [2.45, 2.75) is 45.8 Å². The molecule has 10 nitrogen and oxygen atoms in total. The summed E-state index contributed by atoms with van der Waals surface area (Å²) in [5.41, 5.74) is 3.84. The highest BCUT2D eigenvalue weighted by atomic mass is 19.1. The number of aryl methyl sites for hydroxylation is 1. The van der Waals surface area contributed by atoms with Crippen molar-refractivity contribution in [1.29, 1.82) is 0 Å². The standard InChI is InChI=1S/C33H35FN6O4/c1-19-22(23-15-21(34)10-11-26(23)36-19)16-29(41)40-13-12-39(32(42)44-33(2,3)4)18-28(40)30-35-17-27(37-30)24-14-20-8-6-7-9-25(20)38-31(24)43-5/h6-11,14-15,17,28,36H,12-13,16,18H2,1-5H3,(H,35,37). The van der Waals surface area contributed by atoms with E-state index in [1.54, 1.807) is 29.2 Å². The minimum absolute atomic E-state index is 0.0637. The molecule has 1 fully saturated rings. The van der Waals surface area contributed by atoms with Crippen LogP contribution in [0.25, 0.3) is 33.1 Å². The fraction of sp³-hybridized carbons (Fsp3) is 0.333. The van der Waals surface area contributed by atoms with Crippen LogP contribution in [-0.2, 0) is 16.0 Å². The van der Waals surface area contributed by atoms with Gasteiger partial charge in [0.15, 0.2) is 0 Å². The van der Waals surface area contributed by atoms with Gasteiger partial charge in [-0.25, -0.2) is 19.2 Å². The number of halogens is 1. The van der Waals surface area contributed by atoms with Gasteiger partial charge in [0.05, 0.1) is 43.0 Å². The monoisotopic (exact) mass is 598 g/mol. The van der Waals surface area contributed by atoms with Gasteiger partial charge >= 0.3 is 6.09 Å². The van der Waals surface area contributed by atoms with E-state index in [0.29, 0.717) is 29.3 Å². The van der Waals surface area contributed by atoms with Gasteiger partial charge in [-0.3, -0.25) is 4.79 Å². The van der Waals surface area contributed by atoms with Gasteiger partial charge in [-0.1, -0.05) is 18.2 Å². The van der Waals surface area contributed by atoms with Crippen molar-refractivity contribution in [2.75, 3.05) is 26.7 Å². The third kappa shape index (κ3) is 5.69. The molecule has 0 saturated carbocycles. The Morgan fingerprint density at radius 1 is 1.09 bits per heavy atom. The number of aromatic nitrogens is 4. The van der Waals surface area contributed by atoms with Crippen LogP contribution >= 0.6 is 0 Å². The quantitative estimate of drug-likeness (QED) is 0.259. The highest BCUT2D eigenvalue weighted by molar-refractivity contribution is 5.90. The number of imidazole rings is 1. The van der Waals surface area contributed by atoms with Gasteiger partial charge in [-0.15, -0.1) is 0 Å². The molecule has 6 rings (SSSR count). The molecule has 1 unspecified atom stereocenters. The number of benzene rings is 2. The average molecular weight is 599 g/mol. The number of H-pyrrole nitrogens is 2. The topological polar surface area (TPSA) is 116 Å². The molecule has 1 atom stereocenters. The Morgan fingerprint density at radius 3 is 2.66 bits per heavy atom. The average Bonchev–Trinajstić information content (AvgIpc) is 3.60. The molecule has 2 N–H and O–H groups in total. The molecule has 1 saturated heterocycles. The number of hydrogen-bond acceptors (Lipinski definition) is 6. The maximum absolute atomic E-state index is 14.1. The number of ether oxygens (including phenoxy) is 2. The molecule has 5 aromatic rings. The van der Waals surface area contributed by atoms with Crippen LogP contribution in [0, 0.1) is 12.7 Å². The molecule has 2 aromatic carbocycles. The molecule has 1 aliphatic rings. The summed E-state index contributed by atoms with van der Waals surface area (Å²) in [6, 6.07) is 13.7. The smallest absolute Gasteiger partial charge is 0.410 e. The number of nitrogens with zero attached hydrogens (tertiary/aromatic N) is 4. The van der Waals surface area contributed by atoms with Crippen LogP contribution in [0.4, 0.5) is 9.18 Å². The Bertz CT molecular complexity index is 1870. The molecule has 0 spiro atoms. The molecular formula is C33H35FN6O4. The lowest BCUT2D eigenvalue weighted by molar-refractivity contribution is -0.135. The van der Waals surface area contributed by atoms with E-state index in [-0.39, 0.29) is 31.2 Å². The summed E-state index contributed by atoms with van der Waals surface area (Å²) in [6.07, 6.45) is 1.30. The number of carbonyl (C=O) groups is 2. The SMILES string of the molecule is COc1nc2ccccc2cc1-c1cnc(C2CN(C(=O)OC(C)(C)C)CCN2C(=O)Cc2c(C)[nH]c3ccc(F)cc23)[nH]1. The van der Waals surface area contributed by atoms with Gasteiger partial charge < -0.3 is 29.2 Å². The Balaban J connectivity index is 1.34. The van der Waals surface area contributed by atoms with Crippen LogP contribution in [0.15, 0.2) is 54.7 Å². The summed E-state index contributed by atoms with van der Waals surface area (Å²) >= 11 is 0. The summed E-state index contributed by atoms with van der Waals surface area (Å²) in [5.74, 6) is 0.428. The van der Waals surface area contributed by atoms with Crippen molar-refractivity contribution in [3.63, 3.8) is 0 Å². The second-order valence-corrected chi connectivity index (χ2v) is 12.0. The summed E-state index contributed by atoms with van der Waals surface area (Å²) < 4.78 is 25.4. The normalized spacial score (nSPS) is 15.6. The number of amides is 2. The lowest BCUT2D eigenvalue weighted by atomic mass is 10.0. The number of para-hydroxylation sites is 1. The number of methoxy groups -OCH3 is 1. The number of aromatic amines is 2. The van der Waals surface area contributed by atoms with Crippen LogP contribution in [0.3, 0.4) is 0 Å². The van der Waals surface area contributed by atoms with Crippen LogP contribution in [0.5, 0.6) is 5.88 Å². The number of rotatable bonds is 5. The first-order valence-corrected chi connectivity index (χ1v) is 14.5. The summed E-state index contributed by atoms with van der Waals surface area (Å²) in [6.45, 7) is 8.09. The van der Waals surface area contributed by atoms with E-state index in [1.807, 2.05) is 58.0 Å². The van der Waals surface area contributed by atoms with Gasteiger partial charge in [-0.05, 0) is 63.6 Å². The molecule has 44 heavy (non-hydrogen) atoms. The number of pyridine rings is 1. The van der Waals surface area contributed by atoms with Crippen LogP contribution in [0.1, 0.15) is 43.9 Å². The third-order valence-corrected chi connectivity index (χ3v) is 7.85. The summed E-state index contributed by atoms with van der Waals surface area (Å²) in [5, 5.41) is 1.62. The highest BCUT2D eigenvalue weighted by Gasteiger charge is 2.37. The lowest BCUT2D eigenvalue weighted by Crippen LogP contribution is -2.53. The van der Waals surface area contributed by atoms with Crippen molar-refractivity contribution in [2.24, 2.45) is 0 Å². The zero-order valence-corrected chi connectivity index (χ0v) is 25.4. The third-order valence-electron chi connectivity index (χ3n) is 7.85. The molecule has 0 bridgehead atoms. The van der Waals surface area contributed by atoms with E-state index in [0.717, 1.165) is 33.2 Å². The molecule has 1 aliphatic heterocycles. The van der Waals surface area contributed by atoms with Gasteiger partial charge in [0.2, 0.25) is 11.8 Å². The maximum atomic E-state index is 14.1. The Labute approximate surface area is 254 Å². The van der Waals surface area contributed by atoms with E-state index < -0.39 is 17.7 Å². The van der Waals surface area contributed by atoms with E-state index in [2.05, 4.69) is 19.9 Å². The highest BCUT2D eigenvalue weighted by Crippen LogP contribution is 2.33. The maximum Gasteiger partial charge on any atom is 0.410 e. The summed E-state index contributed by atoms with van der Waals surface area (Å²) in [4.78, 5) is 46.4. The number of carbonyl (C=O) groups excluding carboxylic acids is 2. The van der Waals surface area contributed by atoms with E-state index >= 15 is 0 Å². The Kier molecular flexibility index (Phi) is 7.48. The number of hydrogen-bond donors (Lipinski definition) is 2. The molecule has 4 heterocycles. The van der Waals surface area contributed by atoms with Crippen LogP contribution in [0.2, 0.25) is 0 Å². The van der Waals surface area contributed by atoms with Crippen molar-refractivity contribution < 1.29 is 23.5 Å². The number of piperazine rings is 1. The number of nitrogens with one attached hydrogen (secondary N) is 2. The second kappa shape index (κ2) is 11.3. The molecule has 0 aliphatic carbocycles. The fourth-order valence-electron chi connectivity index (χ4n) is 5.73. The van der Waals surface area contributed by atoms with E-state index in [9.17, 15) is 14.0 Å². The predicted octanol–water partition coefficient (Wildman–Crippen LogP) is 5.93. The Morgan fingerprint density at radius 2 is 1.89 bits per heavy atom. The van der Waals surface area contributed by atoms with Gasteiger partial charge in [0.25, 0.3) is 0 Å². The van der Waals surface area contributed by atoms with Crippen molar-refractivity contribution in [3.8, 4) is 17.1 Å². The van der Waals surface area contributed by atoms with Crippen molar-refractivity contribution >= 4 is 33.8 Å². The van der Waals surface area contributed by atoms with Gasteiger partial charge in [0, 0.05) is 35.1 Å². The van der Waals surface area contributed by atoms with Crippen LogP contribution < -0.4 is 4.74 Å². The molecular weight excluding hydrogens is 563 g/mol. The molecule has 3 aromatic heterocycles. The molecule has 0 radical (unpaired) electrons. The van der Waals surface area contributed by atoms with Gasteiger partial charge in [0.1, 0.15) is 23.3 Å². The minimum Gasteiger partial charge on any atom is -0.480 e. The second-order valence-electron chi connectivity index (χ2n) is 12.0. The first kappa shape index (κ1) is 29.2. The lowest BCUT2D eigenvalue weighted by Gasteiger charge is -2.41. The zero-order chi connectivity index (χ0) is 31.2. The minimum atomic E-state index is -0.667. The molecule has 228 valence electrons. The largest absolute Gasteiger partial charge is 0.480 e. The van der Waals surface area contributed by atoms with Crippen LogP contribution in [-0.4, -0.2) is 74.1 Å². The number of fused-ring (bicyclic) bond motifs is 2. The first-order valence-electron chi connectivity index (χ1n) is 14.5. The van der Waals surface area contributed by atoms with Crippen molar-refractivity contribution in [1.82, 2.24) is 29.7 Å². The summed E-state index contributed by atoms with van der Waals surface area (Å²) in [7, 11) is 1.57. The van der Waals surface area contributed by atoms with Crippen molar-refractivity contribution in [3.05, 3.63) is 77.6 Å². The fourth-order valence-corrected chi connectivity index (χ4v) is 5.73. The predicted molar refractivity (Wildman–Crippen MR) is 165 cm³/mol. The first-order chi connectivity index (χ1) is 21.0. The van der Waals surface area contributed by atoms with E-state index in [1.165, 1.54) is 12.1 Å². The molecule has 11 heteroatoms. The van der Waals surface area contributed by atoms with Gasteiger partial charge in [-0.2, -0.15) is 0 Å². The zero-order valence-electron chi connectivity index (χ0n) is 25.4.